The second-order valence-electron chi connectivity index (χ2n) is 10.3. The van der Waals surface area contributed by atoms with Crippen LogP contribution in [0.2, 0.25) is 0 Å². The van der Waals surface area contributed by atoms with Crippen LogP contribution >= 0.6 is 11.3 Å². The molecule has 1 aromatic carbocycles. The SMILES string of the molecule is CC(C)(O)C(F)CNCc1cnc(Nc2ccc3ncsc3c2)cc1NC1CC(C(C)(C)O)C1. The Hall–Kier alpha value is -2.33. The van der Waals surface area contributed by atoms with Crippen LogP contribution in [-0.2, 0) is 6.54 Å². The fourth-order valence-corrected chi connectivity index (χ4v) is 4.74. The molecule has 9 heteroatoms. The standard InChI is InChI=1S/C25H34FN5O2S/c1-24(2,32)16-7-18(8-16)30-20-10-23(31-17-5-6-19-21(9-17)34-14-29-19)28-12-15(20)11-27-13-22(26)25(3,4)33/h5-6,9-10,12,14,16,18,22,27,32-33H,7-8,11,13H2,1-4H3,(H2,28,30,31). The van der Waals surface area contributed by atoms with E-state index in [2.05, 4.69) is 32.0 Å². The molecule has 0 spiro atoms. The number of alkyl halides is 1. The van der Waals surface area contributed by atoms with Crippen molar-refractivity contribution in [3.05, 3.63) is 41.5 Å². The van der Waals surface area contributed by atoms with Crippen LogP contribution in [0.1, 0.15) is 46.1 Å². The Morgan fingerprint density at radius 3 is 2.62 bits per heavy atom. The summed E-state index contributed by atoms with van der Waals surface area (Å²) in [7, 11) is 0. The molecule has 0 radical (unpaired) electrons. The van der Waals surface area contributed by atoms with Crippen molar-refractivity contribution in [1.82, 2.24) is 15.3 Å². The first-order chi connectivity index (χ1) is 16.0. The Bertz CT molecular complexity index is 1120. The Labute approximate surface area is 203 Å². The molecule has 2 aromatic heterocycles. The van der Waals surface area contributed by atoms with Gasteiger partial charge in [-0.25, -0.2) is 14.4 Å². The highest BCUT2D eigenvalue weighted by molar-refractivity contribution is 7.16. The highest BCUT2D eigenvalue weighted by atomic mass is 32.1. The molecular formula is C25H34FN5O2S. The van der Waals surface area contributed by atoms with Gasteiger partial charge in [0.15, 0.2) is 0 Å². The van der Waals surface area contributed by atoms with Gasteiger partial charge in [-0.2, -0.15) is 0 Å². The maximum atomic E-state index is 14.2. The minimum atomic E-state index is -1.39. The quantitative estimate of drug-likeness (QED) is 0.285. The number of halogens is 1. The largest absolute Gasteiger partial charge is 0.390 e. The van der Waals surface area contributed by atoms with Gasteiger partial charge in [-0.05, 0) is 64.7 Å². The normalized spacial score (nSPS) is 19.6. The molecule has 34 heavy (non-hydrogen) atoms. The monoisotopic (exact) mass is 487 g/mol. The van der Waals surface area contributed by atoms with Gasteiger partial charge in [0.25, 0.3) is 0 Å². The van der Waals surface area contributed by atoms with E-state index in [1.165, 1.54) is 13.8 Å². The first kappa shape index (κ1) is 24.8. The van der Waals surface area contributed by atoms with Crippen LogP contribution < -0.4 is 16.0 Å². The van der Waals surface area contributed by atoms with Crippen molar-refractivity contribution in [3.63, 3.8) is 0 Å². The molecule has 0 amide bonds. The summed E-state index contributed by atoms with van der Waals surface area (Å²) in [5.41, 5.74) is 3.48. The van der Waals surface area contributed by atoms with Gasteiger partial charge in [0.1, 0.15) is 12.0 Å². The van der Waals surface area contributed by atoms with Crippen LogP contribution in [0.15, 0.2) is 36.0 Å². The first-order valence-corrected chi connectivity index (χ1v) is 12.5. The summed E-state index contributed by atoms with van der Waals surface area (Å²) in [4.78, 5) is 8.89. The summed E-state index contributed by atoms with van der Waals surface area (Å²) in [6.45, 7) is 7.10. The number of nitrogens with zero attached hydrogens (tertiary/aromatic N) is 2. The molecule has 4 rings (SSSR count). The second-order valence-corrected chi connectivity index (χ2v) is 11.2. The zero-order valence-electron chi connectivity index (χ0n) is 20.1. The van der Waals surface area contributed by atoms with Gasteiger partial charge in [0.05, 0.1) is 26.9 Å². The Balaban J connectivity index is 1.48. The van der Waals surface area contributed by atoms with Gasteiger partial charge in [0.2, 0.25) is 0 Å². The fourth-order valence-electron chi connectivity index (χ4n) is 4.02. The summed E-state index contributed by atoms with van der Waals surface area (Å²) in [5.74, 6) is 0.963. The average molecular weight is 488 g/mol. The van der Waals surface area contributed by atoms with Crippen LogP contribution in [0.4, 0.5) is 21.6 Å². The minimum absolute atomic E-state index is 0.0437. The summed E-state index contributed by atoms with van der Waals surface area (Å²) in [6.07, 6.45) is 2.18. The number of pyridine rings is 1. The second kappa shape index (κ2) is 9.73. The lowest BCUT2D eigenvalue weighted by Gasteiger charge is -2.43. The number of aliphatic hydroxyl groups is 2. The van der Waals surface area contributed by atoms with Crippen LogP contribution in [0, 0.1) is 5.92 Å². The lowest BCUT2D eigenvalue weighted by Crippen LogP contribution is -2.46. The lowest BCUT2D eigenvalue weighted by molar-refractivity contribution is -0.0229. The van der Waals surface area contributed by atoms with Crippen molar-refractivity contribution in [3.8, 4) is 0 Å². The number of aromatic nitrogens is 2. The van der Waals surface area contributed by atoms with Crippen molar-refractivity contribution >= 4 is 38.7 Å². The van der Waals surface area contributed by atoms with Crippen LogP contribution in [0.25, 0.3) is 10.2 Å². The Kier molecular flexibility index (Phi) is 7.09. The van der Waals surface area contributed by atoms with Crippen LogP contribution in [-0.4, -0.2) is 50.1 Å². The van der Waals surface area contributed by atoms with E-state index in [1.807, 2.05) is 37.6 Å². The van der Waals surface area contributed by atoms with Crippen LogP contribution in [0.5, 0.6) is 0 Å². The van der Waals surface area contributed by atoms with Crippen molar-refractivity contribution < 1.29 is 14.6 Å². The third kappa shape index (κ3) is 6.02. The third-order valence-corrected chi connectivity index (χ3v) is 7.28. The summed E-state index contributed by atoms with van der Waals surface area (Å²) in [5, 5.41) is 30.2. The molecule has 1 unspecified atom stereocenters. The van der Waals surface area contributed by atoms with E-state index in [0.29, 0.717) is 12.4 Å². The Morgan fingerprint density at radius 1 is 1.15 bits per heavy atom. The lowest BCUT2D eigenvalue weighted by atomic mass is 9.71. The Morgan fingerprint density at radius 2 is 1.91 bits per heavy atom. The molecule has 184 valence electrons. The van der Waals surface area contributed by atoms with Gasteiger partial charge in [-0.3, -0.25) is 0 Å². The number of nitrogens with one attached hydrogen (secondary N) is 3. The molecule has 1 saturated carbocycles. The van der Waals surface area contributed by atoms with Crippen molar-refractivity contribution in [2.45, 2.75) is 70.5 Å². The maximum Gasteiger partial charge on any atom is 0.140 e. The summed E-state index contributed by atoms with van der Waals surface area (Å²) < 4.78 is 15.3. The molecule has 7 nitrogen and oxygen atoms in total. The minimum Gasteiger partial charge on any atom is -0.390 e. The number of thiazole rings is 1. The molecule has 0 aliphatic heterocycles. The zero-order chi connectivity index (χ0) is 24.5. The van der Waals surface area contributed by atoms with Gasteiger partial charge in [-0.1, -0.05) is 0 Å². The first-order valence-electron chi connectivity index (χ1n) is 11.6. The van der Waals surface area contributed by atoms with E-state index in [-0.39, 0.29) is 18.5 Å². The fraction of sp³-hybridized carbons (Fsp3) is 0.520. The zero-order valence-corrected chi connectivity index (χ0v) is 20.9. The van der Waals surface area contributed by atoms with E-state index >= 15 is 0 Å². The van der Waals surface area contributed by atoms with Gasteiger partial charge in [0, 0.05) is 48.3 Å². The number of fused-ring (bicyclic) bond motifs is 1. The smallest absolute Gasteiger partial charge is 0.140 e. The van der Waals surface area contributed by atoms with E-state index in [4.69, 9.17) is 0 Å². The average Bonchev–Trinajstić information content (AvgIpc) is 3.18. The molecule has 5 N–H and O–H groups in total. The van der Waals surface area contributed by atoms with E-state index in [1.54, 1.807) is 17.5 Å². The number of hydrogen-bond donors (Lipinski definition) is 5. The van der Waals surface area contributed by atoms with Gasteiger partial charge >= 0.3 is 0 Å². The highest BCUT2D eigenvalue weighted by Crippen LogP contribution is 2.38. The number of hydrogen-bond acceptors (Lipinski definition) is 8. The van der Waals surface area contributed by atoms with Crippen molar-refractivity contribution in [2.75, 3.05) is 17.2 Å². The molecule has 0 bridgehead atoms. The third-order valence-electron chi connectivity index (χ3n) is 6.49. The highest BCUT2D eigenvalue weighted by Gasteiger charge is 2.38. The molecular weight excluding hydrogens is 453 g/mol. The number of anilines is 3. The number of benzene rings is 1. The molecule has 0 saturated heterocycles. The van der Waals surface area contributed by atoms with Crippen LogP contribution in [0.3, 0.4) is 0 Å². The topological polar surface area (TPSA) is 102 Å². The molecule has 1 aliphatic carbocycles. The molecule has 1 atom stereocenters. The van der Waals surface area contributed by atoms with E-state index < -0.39 is 17.4 Å². The number of rotatable bonds is 10. The maximum absolute atomic E-state index is 14.2. The van der Waals surface area contributed by atoms with Crippen molar-refractivity contribution in [2.24, 2.45) is 5.92 Å². The van der Waals surface area contributed by atoms with E-state index in [9.17, 15) is 14.6 Å². The van der Waals surface area contributed by atoms with E-state index in [0.717, 1.165) is 40.0 Å². The predicted octanol–water partition coefficient (Wildman–Crippen LogP) is 4.59. The predicted molar refractivity (Wildman–Crippen MR) is 136 cm³/mol. The molecule has 1 aliphatic rings. The summed E-state index contributed by atoms with van der Waals surface area (Å²) >= 11 is 1.59. The van der Waals surface area contributed by atoms with Gasteiger partial charge < -0.3 is 26.2 Å². The van der Waals surface area contributed by atoms with Gasteiger partial charge in [-0.15, -0.1) is 11.3 Å². The summed E-state index contributed by atoms with van der Waals surface area (Å²) in [6, 6.07) is 8.23. The molecule has 3 aromatic rings. The van der Waals surface area contributed by atoms with Crippen molar-refractivity contribution in [1.29, 1.82) is 0 Å². The molecule has 2 heterocycles. The molecule has 1 fully saturated rings.